The van der Waals surface area contributed by atoms with E-state index >= 15 is 0 Å². The summed E-state index contributed by atoms with van der Waals surface area (Å²) in [6.45, 7) is 2.99. The highest BCUT2D eigenvalue weighted by atomic mass is 32.2. The third-order valence-electron chi connectivity index (χ3n) is 5.64. The van der Waals surface area contributed by atoms with Crippen LogP contribution in [0.3, 0.4) is 0 Å². The zero-order valence-corrected chi connectivity index (χ0v) is 18.3. The van der Waals surface area contributed by atoms with E-state index < -0.39 is 10.0 Å². The number of hydrogen-bond donors (Lipinski definition) is 2. The van der Waals surface area contributed by atoms with Crippen molar-refractivity contribution in [2.45, 2.75) is 37.0 Å². The molecule has 1 aromatic heterocycles. The van der Waals surface area contributed by atoms with Crippen molar-refractivity contribution < 1.29 is 17.9 Å². The van der Waals surface area contributed by atoms with E-state index in [0.717, 1.165) is 50.2 Å². The van der Waals surface area contributed by atoms with E-state index in [0.29, 0.717) is 18.9 Å². The number of hydrogen-bond acceptors (Lipinski definition) is 6. The fourth-order valence-electron chi connectivity index (χ4n) is 3.92. The number of aromatic nitrogens is 1. The lowest BCUT2D eigenvalue weighted by Crippen LogP contribution is -2.36. The Morgan fingerprint density at radius 1 is 1.06 bits per heavy atom. The Kier molecular flexibility index (Phi) is 6.84. The molecule has 1 aromatic carbocycles. The van der Waals surface area contributed by atoms with Crippen molar-refractivity contribution in [3.8, 4) is 0 Å². The Balaban J connectivity index is 1.27. The Labute approximate surface area is 183 Å². The number of aryl methyl sites for hydroxylation is 2. The molecule has 2 aliphatic rings. The first-order valence-electron chi connectivity index (χ1n) is 10.7. The molecule has 1 aliphatic carbocycles. The molecule has 31 heavy (non-hydrogen) atoms. The third kappa shape index (κ3) is 5.61. The van der Waals surface area contributed by atoms with Crippen molar-refractivity contribution in [3.63, 3.8) is 0 Å². The summed E-state index contributed by atoms with van der Waals surface area (Å²) in [6.07, 6.45) is 5.81. The van der Waals surface area contributed by atoms with Crippen LogP contribution in [0.4, 0.5) is 11.5 Å². The van der Waals surface area contributed by atoms with Gasteiger partial charge in [-0.1, -0.05) is 6.07 Å². The monoisotopic (exact) mass is 444 g/mol. The fraction of sp³-hybridized carbons (Fsp3) is 0.455. The van der Waals surface area contributed by atoms with Crippen LogP contribution in [0.5, 0.6) is 0 Å². The molecule has 0 unspecified atom stereocenters. The zero-order chi connectivity index (χ0) is 21.7. The second-order valence-electron chi connectivity index (χ2n) is 7.84. The van der Waals surface area contributed by atoms with Gasteiger partial charge in [-0.3, -0.25) is 4.79 Å². The summed E-state index contributed by atoms with van der Waals surface area (Å²) in [5.74, 6) is 0.577. The van der Waals surface area contributed by atoms with Gasteiger partial charge in [0.2, 0.25) is 15.9 Å². The molecule has 8 nitrogen and oxygen atoms in total. The van der Waals surface area contributed by atoms with E-state index in [-0.39, 0.29) is 23.8 Å². The summed E-state index contributed by atoms with van der Waals surface area (Å²) in [4.78, 5) is 19.0. The number of ether oxygens (including phenoxy) is 1. The lowest BCUT2D eigenvalue weighted by atomic mass is 9.92. The molecule has 0 spiro atoms. The van der Waals surface area contributed by atoms with Crippen LogP contribution in [0.2, 0.25) is 0 Å². The number of sulfonamides is 1. The Bertz CT molecular complexity index is 1020. The molecule has 0 bridgehead atoms. The first-order valence-corrected chi connectivity index (χ1v) is 12.2. The van der Waals surface area contributed by atoms with Gasteiger partial charge in [-0.25, -0.2) is 18.1 Å². The number of anilines is 2. The SMILES string of the molecule is O=C(CCNS(=O)(=O)c1ccc2c(c1)CCCC2)Nc1ccc(N2CCOCC2)nc1. The minimum Gasteiger partial charge on any atom is -0.378 e. The lowest BCUT2D eigenvalue weighted by Gasteiger charge is -2.27. The number of carbonyl (C=O) groups is 1. The van der Waals surface area contributed by atoms with Crippen molar-refractivity contribution >= 4 is 27.4 Å². The number of pyridine rings is 1. The summed E-state index contributed by atoms with van der Waals surface area (Å²) < 4.78 is 33.0. The van der Waals surface area contributed by atoms with E-state index in [4.69, 9.17) is 4.74 Å². The van der Waals surface area contributed by atoms with Gasteiger partial charge in [-0.15, -0.1) is 0 Å². The number of nitrogens with one attached hydrogen (secondary N) is 2. The van der Waals surface area contributed by atoms with Crippen LogP contribution < -0.4 is 14.9 Å². The van der Waals surface area contributed by atoms with Gasteiger partial charge >= 0.3 is 0 Å². The molecule has 2 N–H and O–H groups in total. The number of morpholine rings is 1. The molecular weight excluding hydrogens is 416 g/mol. The van der Waals surface area contributed by atoms with E-state index in [1.165, 1.54) is 5.56 Å². The van der Waals surface area contributed by atoms with Crippen molar-refractivity contribution in [2.24, 2.45) is 0 Å². The maximum Gasteiger partial charge on any atom is 0.240 e. The summed E-state index contributed by atoms with van der Waals surface area (Å²) in [5, 5.41) is 2.76. The summed E-state index contributed by atoms with van der Waals surface area (Å²) in [6, 6.07) is 8.98. The highest BCUT2D eigenvalue weighted by molar-refractivity contribution is 7.89. The number of nitrogens with zero attached hydrogens (tertiary/aromatic N) is 2. The molecule has 1 saturated heterocycles. The van der Waals surface area contributed by atoms with Crippen molar-refractivity contribution in [1.29, 1.82) is 0 Å². The topological polar surface area (TPSA) is 101 Å². The quantitative estimate of drug-likeness (QED) is 0.678. The van der Waals surface area contributed by atoms with Crippen LogP contribution in [-0.2, 0) is 32.4 Å². The molecule has 4 rings (SSSR count). The molecule has 2 aromatic rings. The predicted octanol–water partition coefficient (Wildman–Crippen LogP) is 2.10. The van der Waals surface area contributed by atoms with Crippen LogP contribution in [0, 0.1) is 0 Å². The average molecular weight is 445 g/mol. The molecule has 1 aliphatic heterocycles. The molecular formula is C22H28N4O4S. The lowest BCUT2D eigenvalue weighted by molar-refractivity contribution is -0.116. The fourth-order valence-corrected chi connectivity index (χ4v) is 5.00. The smallest absolute Gasteiger partial charge is 0.240 e. The first-order chi connectivity index (χ1) is 15.0. The summed E-state index contributed by atoms with van der Waals surface area (Å²) in [5.41, 5.74) is 2.93. The number of carbonyl (C=O) groups excluding carboxylic acids is 1. The summed E-state index contributed by atoms with van der Waals surface area (Å²) in [7, 11) is -3.64. The summed E-state index contributed by atoms with van der Waals surface area (Å²) >= 11 is 0. The highest BCUT2D eigenvalue weighted by Crippen LogP contribution is 2.24. The van der Waals surface area contributed by atoms with E-state index in [1.54, 1.807) is 24.4 Å². The molecule has 2 heterocycles. The van der Waals surface area contributed by atoms with Gasteiger partial charge in [-0.2, -0.15) is 0 Å². The van der Waals surface area contributed by atoms with Crippen LogP contribution in [0.25, 0.3) is 0 Å². The van der Waals surface area contributed by atoms with Gasteiger partial charge in [0.15, 0.2) is 0 Å². The molecule has 1 amide bonds. The van der Waals surface area contributed by atoms with Gasteiger partial charge in [0.25, 0.3) is 0 Å². The zero-order valence-electron chi connectivity index (χ0n) is 17.5. The number of rotatable bonds is 7. The van der Waals surface area contributed by atoms with E-state index in [2.05, 4.69) is 19.9 Å². The molecule has 9 heteroatoms. The standard InChI is InChI=1S/C22H28N4O4S/c27-22(25-19-6-8-21(23-16-19)26-11-13-30-14-12-26)9-10-24-31(28,29)20-7-5-17-3-1-2-4-18(17)15-20/h5-8,15-16,24H,1-4,9-14H2,(H,25,27). The van der Waals surface area contributed by atoms with Crippen LogP contribution in [-0.4, -0.2) is 52.2 Å². The van der Waals surface area contributed by atoms with Gasteiger partial charge in [-0.05, 0) is 61.1 Å². The second kappa shape index (κ2) is 9.76. The molecule has 0 radical (unpaired) electrons. The minimum absolute atomic E-state index is 0.0323. The van der Waals surface area contributed by atoms with E-state index in [9.17, 15) is 13.2 Å². The molecule has 166 valence electrons. The Morgan fingerprint density at radius 3 is 2.58 bits per heavy atom. The number of amides is 1. The first kappa shape index (κ1) is 21.7. The third-order valence-corrected chi connectivity index (χ3v) is 7.10. The number of benzene rings is 1. The van der Waals surface area contributed by atoms with Crippen LogP contribution >= 0.6 is 0 Å². The van der Waals surface area contributed by atoms with Crippen LogP contribution in [0.1, 0.15) is 30.4 Å². The predicted molar refractivity (Wildman–Crippen MR) is 119 cm³/mol. The minimum atomic E-state index is -3.64. The molecule has 0 atom stereocenters. The maximum atomic E-state index is 12.6. The molecule has 0 saturated carbocycles. The second-order valence-corrected chi connectivity index (χ2v) is 9.61. The van der Waals surface area contributed by atoms with Crippen molar-refractivity contribution in [3.05, 3.63) is 47.7 Å². The van der Waals surface area contributed by atoms with E-state index in [1.807, 2.05) is 12.1 Å². The van der Waals surface area contributed by atoms with Gasteiger partial charge < -0.3 is 15.0 Å². The Morgan fingerprint density at radius 2 is 1.84 bits per heavy atom. The highest BCUT2D eigenvalue weighted by Gasteiger charge is 2.18. The largest absolute Gasteiger partial charge is 0.378 e. The van der Waals surface area contributed by atoms with Gasteiger partial charge in [0, 0.05) is 26.1 Å². The number of fused-ring (bicyclic) bond motifs is 1. The van der Waals surface area contributed by atoms with Crippen molar-refractivity contribution in [1.82, 2.24) is 9.71 Å². The van der Waals surface area contributed by atoms with Crippen molar-refractivity contribution in [2.75, 3.05) is 43.1 Å². The molecule has 1 fully saturated rings. The maximum absolute atomic E-state index is 12.6. The van der Waals surface area contributed by atoms with Gasteiger partial charge in [0.1, 0.15) is 5.82 Å². The average Bonchev–Trinajstić information content (AvgIpc) is 2.79. The Hall–Kier alpha value is -2.49. The van der Waals surface area contributed by atoms with Crippen LogP contribution in [0.15, 0.2) is 41.4 Å². The van der Waals surface area contributed by atoms with Gasteiger partial charge in [0.05, 0.1) is 30.0 Å². The normalized spacial score (nSPS) is 16.6.